The topological polar surface area (TPSA) is 61.8 Å². The predicted molar refractivity (Wildman–Crippen MR) is 81.3 cm³/mol. The summed E-state index contributed by atoms with van der Waals surface area (Å²) < 4.78 is 5.56. The molecule has 0 saturated carbocycles. The van der Waals surface area contributed by atoms with E-state index in [0.717, 1.165) is 18.6 Å². The summed E-state index contributed by atoms with van der Waals surface area (Å²) in [5.41, 5.74) is 0. The molecule has 2 N–H and O–H groups in total. The summed E-state index contributed by atoms with van der Waals surface area (Å²) in [4.78, 5) is 13.6. The third kappa shape index (κ3) is 4.93. The van der Waals surface area contributed by atoms with Crippen molar-refractivity contribution in [3.8, 4) is 5.75 Å². The van der Waals surface area contributed by atoms with Gasteiger partial charge in [-0.1, -0.05) is 25.1 Å². The number of urea groups is 1. The average Bonchev–Trinajstić information content (AvgIpc) is 2.50. The number of rotatable bonds is 5. The van der Waals surface area contributed by atoms with Crippen molar-refractivity contribution in [2.45, 2.75) is 25.9 Å². The molecule has 1 aliphatic heterocycles. The second kappa shape index (κ2) is 7.88. The Morgan fingerprint density at radius 3 is 2.90 bits per heavy atom. The Morgan fingerprint density at radius 1 is 1.43 bits per heavy atom. The number of hydrogen-bond acceptors (Lipinski definition) is 3. The molecule has 2 amide bonds. The standard InChI is InChI=1S/C16H24N2O3/c1-13-8-10-18(12-15(13)19)16(20)17-9-5-11-21-14-6-3-2-4-7-14/h2-4,6-7,13,15,19H,5,8-12H2,1H3,(H,17,20). The molecule has 21 heavy (non-hydrogen) atoms. The van der Waals surface area contributed by atoms with Crippen molar-refractivity contribution in [1.29, 1.82) is 0 Å². The van der Waals surface area contributed by atoms with Crippen molar-refractivity contribution in [3.05, 3.63) is 30.3 Å². The third-order valence-electron chi connectivity index (χ3n) is 3.82. The number of carbonyl (C=O) groups excluding carboxylic acids is 1. The van der Waals surface area contributed by atoms with Crippen LogP contribution in [0.15, 0.2) is 30.3 Å². The Bertz CT molecular complexity index is 438. The highest BCUT2D eigenvalue weighted by Crippen LogP contribution is 2.16. The number of benzene rings is 1. The number of carbonyl (C=O) groups is 1. The molecule has 2 atom stereocenters. The van der Waals surface area contributed by atoms with Crippen LogP contribution in [0.5, 0.6) is 5.75 Å². The van der Waals surface area contributed by atoms with Crippen molar-refractivity contribution < 1.29 is 14.6 Å². The molecule has 1 aromatic rings. The zero-order valence-corrected chi connectivity index (χ0v) is 12.5. The summed E-state index contributed by atoms with van der Waals surface area (Å²) in [5, 5.41) is 12.7. The lowest BCUT2D eigenvalue weighted by molar-refractivity contribution is 0.0435. The van der Waals surface area contributed by atoms with E-state index in [2.05, 4.69) is 5.32 Å². The van der Waals surface area contributed by atoms with Crippen LogP contribution < -0.4 is 10.1 Å². The molecule has 2 unspecified atom stereocenters. The van der Waals surface area contributed by atoms with Crippen LogP contribution in [0.4, 0.5) is 4.79 Å². The van der Waals surface area contributed by atoms with Gasteiger partial charge in [-0.15, -0.1) is 0 Å². The van der Waals surface area contributed by atoms with Gasteiger partial charge < -0.3 is 20.1 Å². The molecule has 5 heteroatoms. The maximum atomic E-state index is 11.9. The number of aliphatic hydroxyl groups is 1. The molecule has 1 saturated heterocycles. The number of β-amino-alcohol motifs (C(OH)–C–C–N with tert-alkyl or cyclic N) is 1. The Kier molecular flexibility index (Phi) is 5.87. The normalized spacial score (nSPS) is 21.9. The fourth-order valence-electron chi connectivity index (χ4n) is 2.32. The van der Waals surface area contributed by atoms with Gasteiger partial charge >= 0.3 is 6.03 Å². The van der Waals surface area contributed by atoms with E-state index in [9.17, 15) is 9.90 Å². The van der Waals surface area contributed by atoms with E-state index >= 15 is 0 Å². The smallest absolute Gasteiger partial charge is 0.317 e. The summed E-state index contributed by atoms with van der Waals surface area (Å²) in [6.45, 7) is 4.30. The Labute approximate surface area is 125 Å². The number of para-hydroxylation sites is 1. The molecule has 2 rings (SSSR count). The molecule has 0 spiro atoms. The number of amides is 2. The Morgan fingerprint density at radius 2 is 2.19 bits per heavy atom. The maximum Gasteiger partial charge on any atom is 0.317 e. The van der Waals surface area contributed by atoms with E-state index < -0.39 is 6.10 Å². The van der Waals surface area contributed by atoms with Gasteiger partial charge in [-0.25, -0.2) is 4.79 Å². The van der Waals surface area contributed by atoms with Crippen LogP contribution in [-0.2, 0) is 0 Å². The molecule has 1 heterocycles. The van der Waals surface area contributed by atoms with Crippen molar-refractivity contribution in [2.75, 3.05) is 26.2 Å². The molecule has 0 radical (unpaired) electrons. The number of aliphatic hydroxyl groups excluding tert-OH is 1. The van der Waals surface area contributed by atoms with Crippen LogP contribution in [-0.4, -0.2) is 48.4 Å². The lowest BCUT2D eigenvalue weighted by Gasteiger charge is -2.34. The highest BCUT2D eigenvalue weighted by atomic mass is 16.5. The minimum atomic E-state index is -0.411. The zero-order chi connectivity index (χ0) is 15.1. The average molecular weight is 292 g/mol. The molecule has 1 aromatic carbocycles. The number of nitrogens with zero attached hydrogens (tertiary/aromatic N) is 1. The lowest BCUT2D eigenvalue weighted by atomic mass is 9.96. The van der Waals surface area contributed by atoms with Gasteiger partial charge in [0.2, 0.25) is 0 Å². The molecule has 1 fully saturated rings. The van der Waals surface area contributed by atoms with Gasteiger partial charge in [-0.2, -0.15) is 0 Å². The molecule has 0 bridgehead atoms. The van der Waals surface area contributed by atoms with Gasteiger partial charge in [0.1, 0.15) is 5.75 Å². The first-order valence-corrected chi connectivity index (χ1v) is 7.55. The molecule has 5 nitrogen and oxygen atoms in total. The van der Waals surface area contributed by atoms with E-state index in [1.54, 1.807) is 4.90 Å². The Balaban J connectivity index is 1.59. The van der Waals surface area contributed by atoms with E-state index in [4.69, 9.17) is 4.74 Å². The fraction of sp³-hybridized carbons (Fsp3) is 0.562. The molecule has 0 aliphatic carbocycles. The number of hydrogen-bond donors (Lipinski definition) is 2. The predicted octanol–water partition coefficient (Wildman–Crippen LogP) is 1.87. The van der Waals surface area contributed by atoms with Crippen LogP contribution in [0.3, 0.4) is 0 Å². The third-order valence-corrected chi connectivity index (χ3v) is 3.82. The van der Waals surface area contributed by atoms with E-state index in [-0.39, 0.29) is 11.9 Å². The first-order chi connectivity index (χ1) is 10.2. The minimum Gasteiger partial charge on any atom is -0.494 e. The SMILES string of the molecule is CC1CCN(C(=O)NCCCOc2ccccc2)CC1O. The summed E-state index contributed by atoms with van der Waals surface area (Å²) in [6, 6.07) is 9.53. The van der Waals surface area contributed by atoms with E-state index in [0.29, 0.717) is 26.2 Å². The number of likely N-dealkylation sites (tertiary alicyclic amines) is 1. The molecular formula is C16H24N2O3. The van der Waals surface area contributed by atoms with Gasteiger partial charge in [0.25, 0.3) is 0 Å². The largest absolute Gasteiger partial charge is 0.494 e. The van der Waals surface area contributed by atoms with Crippen molar-refractivity contribution in [2.24, 2.45) is 5.92 Å². The van der Waals surface area contributed by atoms with E-state index in [1.165, 1.54) is 0 Å². The fourth-order valence-corrected chi connectivity index (χ4v) is 2.32. The van der Waals surface area contributed by atoms with Crippen LogP contribution >= 0.6 is 0 Å². The van der Waals surface area contributed by atoms with Crippen LogP contribution in [0.2, 0.25) is 0 Å². The molecule has 116 valence electrons. The van der Waals surface area contributed by atoms with E-state index in [1.807, 2.05) is 37.3 Å². The molecule has 1 aliphatic rings. The molecule has 0 aromatic heterocycles. The highest BCUT2D eigenvalue weighted by Gasteiger charge is 2.26. The van der Waals surface area contributed by atoms with Crippen LogP contribution in [0.1, 0.15) is 19.8 Å². The summed E-state index contributed by atoms with van der Waals surface area (Å²) >= 11 is 0. The monoisotopic (exact) mass is 292 g/mol. The highest BCUT2D eigenvalue weighted by molar-refractivity contribution is 5.74. The van der Waals surface area contributed by atoms with Gasteiger partial charge in [-0.05, 0) is 30.9 Å². The van der Waals surface area contributed by atoms with Gasteiger partial charge in [0.15, 0.2) is 0 Å². The molecular weight excluding hydrogens is 268 g/mol. The lowest BCUT2D eigenvalue weighted by Crippen LogP contribution is -2.49. The minimum absolute atomic E-state index is 0.0966. The van der Waals surface area contributed by atoms with Gasteiger partial charge in [0.05, 0.1) is 12.7 Å². The van der Waals surface area contributed by atoms with Gasteiger partial charge in [-0.3, -0.25) is 0 Å². The summed E-state index contributed by atoms with van der Waals surface area (Å²) in [5.74, 6) is 1.12. The Hall–Kier alpha value is -1.75. The first-order valence-electron chi connectivity index (χ1n) is 7.55. The number of piperidine rings is 1. The summed E-state index contributed by atoms with van der Waals surface area (Å²) in [6.07, 6.45) is 1.20. The zero-order valence-electron chi connectivity index (χ0n) is 12.5. The van der Waals surface area contributed by atoms with Gasteiger partial charge in [0, 0.05) is 19.6 Å². The summed E-state index contributed by atoms with van der Waals surface area (Å²) in [7, 11) is 0. The second-order valence-electron chi connectivity index (χ2n) is 5.53. The maximum absolute atomic E-state index is 11.9. The number of ether oxygens (including phenoxy) is 1. The van der Waals surface area contributed by atoms with Crippen LogP contribution in [0, 0.1) is 5.92 Å². The van der Waals surface area contributed by atoms with Crippen LogP contribution in [0.25, 0.3) is 0 Å². The van der Waals surface area contributed by atoms with Crippen molar-refractivity contribution in [1.82, 2.24) is 10.2 Å². The van der Waals surface area contributed by atoms with Crippen molar-refractivity contribution >= 4 is 6.03 Å². The van der Waals surface area contributed by atoms with Crippen molar-refractivity contribution in [3.63, 3.8) is 0 Å². The number of nitrogens with one attached hydrogen (secondary N) is 1. The second-order valence-corrected chi connectivity index (χ2v) is 5.53. The first kappa shape index (κ1) is 15.6. The quantitative estimate of drug-likeness (QED) is 0.814.